The molecular weight excluding hydrogens is 128 g/mol. The molecule has 2 radical (unpaired) electrons. The quantitative estimate of drug-likeness (QED) is 0.504. The predicted molar refractivity (Wildman–Crippen MR) is 41.6 cm³/mol. The number of hydrogen-bond acceptors (Lipinski definition) is 2. The first kappa shape index (κ1) is 9.92. The Bertz CT molecular complexity index is 47.2. The Balaban J connectivity index is 2.65. The Kier molecular flexibility index (Phi) is 8.85. The van der Waals surface area contributed by atoms with Gasteiger partial charge < -0.3 is 9.47 Å². The van der Waals surface area contributed by atoms with Crippen LogP contribution in [0.1, 0.15) is 12.8 Å². The molecule has 0 heterocycles. The van der Waals surface area contributed by atoms with E-state index in [1.807, 2.05) is 0 Å². The Morgan fingerprint density at radius 3 is 2.20 bits per heavy atom. The van der Waals surface area contributed by atoms with Gasteiger partial charge in [0.1, 0.15) is 0 Å². The van der Waals surface area contributed by atoms with Crippen LogP contribution in [-0.4, -0.2) is 26.4 Å². The van der Waals surface area contributed by atoms with E-state index in [0.29, 0.717) is 6.61 Å². The van der Waals surface area contributed by atoms with Gasteiger partial charge in [-0.2, -0.15) is 0 Å². The molecular formula is C8H16O2. The molecule has 0 aliphatic carbocycles. The van der Waals surface area contributed by atoms with E-state index in [1.165, 1.54) is 0 Å². The Morgan fingerprint density at radius 2 is 1.60 bits per heavy atom. The van der Waals surface area contributed by atoms with Crippen LogP contribution in [0, 0.1) is 13.8 Å². The Hall–Kier alpha value is -0.0800. The van der Waals surface area contributed by atoms with Gasteiger partial charge in [0.25, 0.3) is 0 Å². The molecule has 2 heteroatoms. The molecule has 0 amide bonds. The van der Waals surface area contributed by atoms with Gasteiger partial charge in [-0.3, -0.25) is 0 Å². The molecule has 60 valence electrons. The summed E-state index contributed by atoms with van der Waals surface area (Å²) in [5.41, 5.74) is 0. The van der Waals surface area contributed by atoms with Crippen molar-refractivity contribution in [3.05, 3.63) is 13.8 Å². The maximum absolute atomic E-state index is 5.17. The van der Waals surface area contributed by atoms with E-state index in [-0.39, 0.29) is 0 Å². The lowest BCUT2D eigenvalue weighted by Gasteiger charge is -2.01. The van der Waals surface area contributed by atoms with Crippen molar-refractivity contribution in [2.75, 3.05) is 26.4 Å². The third-order valence-electron chi connectivity index (χ3n) is 1.01. The summed E-state index contributed by atoms with van der Waals surface area (Å²) in [5, 5.41) is 0. The van der Waals surface area contributed by atoms with Crippen LogP contribution in [-0.2, 0) is 9.47 Å². The average Bonchev–Trinajstić information content (AvgIpc) is 1.97. The highest BCUT2D eigenvalue weighted by Crippen LogP contribution is 1.85. The minimum absolute atomic E-state index is 0.551. The highest BCUT2D eigenvalue weighted by atomic mass is 16.5. The summed E-state index contributed by atoms with van der Waals surface area (Å²) in [6.07, 6.45) is 1.80. The molecule has 0 aliphatic heterocycles. The minimum Gasteiger partial charge on any atom is -0.381 e. The summed E-state index contributed by atoms with van der Waals surface area (Å²) < 4.78 is 10.2. The van der Waals surface area contributed by atoms with E-state index in [2.05, 4.69) is 13.8 Å². The monoisotopic (exact) mass is 144 g/mol. The van der Waals surface area contributed by atoms with Gasteiger partial charge in [-0.15, -0.1) is 0 Å². The third-order valence-corrected chi connectivity index (χ3v) is 1.01. The van der Waals surface area contributed by atoms with Crippen molar-refractivity contribution in [3.63, 3.8) is 0 Å². The van der Waals surface area contributed by atoms with E-state index in [9.17, 15) is 0 Å². The SMILES string of the molecule is [CH2]CCOCCCOC[CH2]. The molecule has 0 spiro atoms. The normalized spacial score (nSPS) is 10.2. The molecule has 0 N–H and O–H groups in total. The summed E-state index contributed by atoms with van der Waals surface area (Å²) in [5.74, 6) is 0. The van der Waals surface area contributed by atoms with E-state index < -0.39 is 0 Å². The lowest BCUT2D eigenvalue weighted by molar-refractivity contribution is 0.0948. The van der Waals surface area contributed by atoms with Crippen LogP contribution in [0.25, 0.3) is 0 Å². The van der Waals surface area contributed by atoms with E-state index in [1.54, 1.807) is 0 Å². The fraction of sp³-hybridized carbons (Fsp3) is 0.750. The first-order valence-corrected chi connectivity index (χ1v) is 3.65. The molecule has 0 fully saturated rings. The summed E-state index contributed by atoms with van der Waals surface area (Å²) in [7, 11) is 0. The summed E-state index contributed by atoms with van der Waals surface area (Å²) in [6, 6.07) is 0. The number of hydrogen-bond donors (Lipinski definition) is 0. The van der Waals surface area contributed by atoms with Gasteiger partial charge in [0.2, 0.25) is 0 Å². The zero-order chi connectivity index (χ0) is 7.66. The summed E-state index contributed by atoms with van der Waals surface area (Å²) in [6.45, 7) is 10.0. The Morgan fingerprint density at radius 1 is 0.900 bits per heavy atom. The minimum atomic E-state index is 0.551. The highest BCUT2D eigenvalue weighted by Gasteiger charge is 1.86. The predicted octanol–water partition coefficient (Wildman–Crippen LogP) is 1.47. The first-order chi connectivity index (χ1) is 4.91. The van der Waals surface area contributed by atoms with E-state index in [0.717, 1.165) is 32.7 Å². The second-order valence-corrected chi connectivity index (χ2v) is 1.93. The number of rotatable bonds is 7. The molecule has 0 aromatic heterocycles. The lowest BCUT2D eigenvalue weighted by Crippen LogP contribution is -2.01. The van der Waals surface area contributed by atoms with Crippen LogP contribution >= 0.6 is 0 Å². The van der Waals surface area contributed by atoms with Crippen LogP contribution in [0.3, 0.4) is 0 Å². The van der Waals surface area contributed by atoms with Gasteiger partial charge in [-0.25, -0.2) is 0 Å². The second kappa shape index (κ2) is 8.92. The van der Waals surface area contributed by atoms with Crippen LogP contribution in [0.2, 0.25) is 0 Å². The maximum atomic E-state index is 5.17. The van der Waals surface area contributed by atoms with Gasteiger partial charge in [0.05, 0.1) is 0 Å². The molecule has 0 saturated carbocycles. The van der Waals surface area contributed by atoms with Gasteiger partial charge in [0, 0.05) is 26.4 Å². The fourth-order valence-electron chi connectivity index (χ4n) is 0.569. The van der Waals surface area contributed by atoms with Crippen molar-refractivity contribution in [1.29, 1.82) is 0 Å². The standard InChI is InChI=1S/C8H16O2/c1-3-6-10-8-5-7-9-4-2/h1-8H2. The van der Waals surface area contributed by atoms with E-state index in [4.69, 9.17) is 9.47 Å². The van der Waals surface area contributed by atoms with Crippen molar-refractivity contribution < 1.29 is 9.47 Å². The largest absolute Gasteiger partial charge is 0.381 e. The highest BCUT2D eigenvalue weighted by molar-refractivity contribution is 4.38. The molecule has 0 aromatic rings. The van der Waals surface area contributed by atoms with Crippen LogP contribution < -0.4 is 0 Å². The topological polar surface area (TPSA) is 18.5 Å². The van der Waals surface area contributed by atoms with Crippen molar-refractivity contribution in [2.24, 2.45) is 0 Å². The molecule has 10 heavy (non-hydrogen) atoms. The maximum Gasteiger partial charge on any atom is 0.0487 e. The molecule has 0 aliphatic rings. The molecule has 0 saturated heterocycles. The van der Waals surface area contributed by atoms with Crippen molar-refractivity contribution >= 4 is 0 Å². The van der Waals surface area contributed by atoms with Gasteiger partial charge in [-0.05, 0) is 19.8 Å². The van der Waals surface area contributed by atoms with Gasteiger partial charge in [0.15, 0.2) is 0 Å². The van der Waals surface area contributed by atoms with Gasteiger partial charge in [-0.1, -0.05) is 6.92 Å². The van der Waals surface area contributed by atoms with Crippen molar-refractivity contribution in [2.45, 2.75) is 12.8 Å². The zero-order valence-corrected chi connectivity index (χ0v) is 6.47. The van der Waals surface area contributed by atoms with Crippen molar-refractivity contribution in [3.8, 4) is 0 Å². The molecule has 0 rings (SSSR count). The zero-order valence-electron chi connectivity index (χ0n) is 6.47. The third kappa shape index (κ3) is 7.92. The molecule has 0 aromatic carbocycles. The molecule has 0 bridgehead atoms. The summed E-state index contributed by atoms with van der Waals surface area (Å²) >= 11 is 0. The average molecular weight is 144 g/mol. The molecule has 2 nitrogen and oxygen atoms in total. The van der Waals surface area contributed by atoms with Gasteiger partial charge >= 0.3 is 0 Å². The van der Waals surface area contributed by atoms with Crippen LogP contribution in [0.15, 0.2) is 0 Å². The fourth-order valence-corrected chi connectivity index (χ4v) is 0.569. The Labute approximate surface area is 63.5 Å². The van der Waals surface area contributed by atoms with E-state index >= 15 is 0 Å². The number of ether oxygens (including phenoxy) is 2. The van der Waals surface area contributed by atoms with Crippen LogP contribution in [0.4, 0.5) is 0 Å². The van der Waals surface area contributed by atoms with Crippen LogP contribution in [0.5, 0.6) is 0 Å². The first-order valence-electron chi connectivity index (χ1n) is 3.65. The summed E-state index contributed by atoms with van der Waals surface area (Å²) in [4.78, 5) is 0. The second-order valence-electron chi connectivity index (χ2n) is 1.93. The van der Waals surface area contributed by atoms with Crippen molar-refractivity contribution in [1.82, 2.24) is 0 Å². The molecule has 0 atom stereocenters. The lowest BCUT2D eigenvalue weighted by atomic mass is 10.5. The molecule has 0 unspecified atom stereocenters. The smallest absolute Gasteiger partial charge is 0.0487 e.